The highest BCUT2D eigenvalue weighted by atomic mass is 32.2. The van der Waals surface area contributed by atoms with E-state index >= 15 is 0 Å². The van der Waals surface area contributed by atoms with Gasteiger partial charge >= 0.3 is 0 Å². The maximum atomic E-state index is 12.7. The van der Waals surface area contributed by atoms with Crippen LogP contribution in [0.15, 0.2) is 30.3 Å². The van der Waals surface area contributed by atoms with Crippen LogP contribution in [0.25, 0.3) is 0 Å². The number of sulfone groups is 1. The molecule has 1 amide bonds. The molecule has 6 nitrogen and oxygen atoms in total. The Morgan fingerprint density at radius 3 is 2.37 bits per heavy atom. The monoisotopic (exact) mass is 391 g/mol. The van der Waals surface area contributed by atoms with E-state index in [9.17, 15) is 13.2 Å². The first-order valence-corrected chi connectivity index (χ1v) is 11.7. The third-order valence-corrected chi connectivity index (χ3v) is 7.96. The second-order valence-electron chi connectivity index (χ2n) is 8.44. The van der Waals surface area contributed by atoms with Crippen molar-refractivity contribution in [3.05, 3.63) is 35.9 Å². The van der Waals surface area contributed by atoms with Gasteiger partial charge in [-0.1, -0.05) is 30.3 Å². The molecule has 0 aromatic heterocycles. The predicted molar refractivity (Wildman–Crippen MR) is 105 cm³/mol. The van der Waals surface area contributed by atoms with E-state index in [1.165, 1.54) is 5.56 Å². The van der Waals surface area contributed by atoms with Crippen molar-refractivity contribution < 1.29 is 13.2 Å². The van der Waals surface area contributed by atoms with E-state index in [-0.39, 0.29) is 22.8 Å². The van der Waals surface area contributed by atoms with Gasteiger partial charge in [-0.3, -0.25) is 14.6 Å². The normalized spacial score (nSPS) is 28.8. The van der Waals surface area contributed by atoms with Gasteiger partial charge in [0, 0.05) is 44.7 Å². The summed E-state index contributed by atoms with van der Waals surface area (Å²) in [6, 6.07) is 10.6. The van der Waals surface area contributed by atoms with Crippen LogP contribution in [-0.2, 0) is 21.2 Å². The number of benzene rings is 1. The second-order valence-corrected chi connectivity index (χ2v) is 10.7. The number of nitrogens with zero attached hydrogens (tertiary/aromatic N) is 3. The molecule has 1 aromatic rings. The Morgan fingerprint density at radius 2 is 1.63 bits per heavy atom. The summed E-state index contributed by atoms with van der Waals surface area (Å²) in [5.41, 5.74) is 1.59. The molecule has 7 heteroatoms. The molecular weight excluding hydrogens is 362 g/mol. The van der Waals surface area contributed by atoms with E-state index in [1.54, 1.807) is 0 Å². The number of rotatable bonds is 4. The molecule has 0 bridgehead atoms. The summed E-state index contributed by atoms with van der Waals surface area (Å²) in [5.74, 6) is 0.518. The van der Waals surface area contributed by atoms with Gasteiger partial charge < -0.3 is 4.90 Å². The highest BCUT2D eigenvalue weighted by Gasteiger charge is 2.44. The standard InChI is InChI=1S/C20H29N3O3S/c24-19(15-21-10-12-27(25,26)13-11-21)23-9-7-20(17-23)6-8-22(16-20)14-18-4-2-1-3-5-18/h1-5H,6-17H2. The van der Waals surface area contributed by atoms with E-state index in [2.05, 4.69) is 29.2 Å². The fourth-order valence-corrected chi connectivity index (χ4v) is 5.96. The first-order valence-electron chi connectivity index (χ1n) is 9.90. The van der Waals surface area contributed by atoms with Gasteiger partial charge in [0.25, 0.3) is 0 Å². The summed E-state index contributed by atoms with van der Waals surface area (Å²) < 4.78 is 23.1. The molecule has 148 valence electrons. The fraction of sp³-hybridized carbons (Fsp3) is 0.650. The number of hydrogen-bond donors (Lipinski definition) is 0. The number of carbonyl (C=O) groups is 1. The number of amides is 1. The van der Waals surface area contributed by atoms with Crippen LogP contribution in [0.3, 0.4) is 0 Å². The molecular formula is C20H29N3O3S. The summed E-state index contributed by atoms with van der Waals surface area (Å²) in [4.78, 5) is 19.2. The molecule has 0 radical (unpaired) electrons. The lowest BCUT2D eigenvalue weighted by Gasteiger charge is -2.29. The zero-order valence-corrected chi connectivity index (χ0v) is 16.7. The van der Waals surface area contributed by atoms with E-state index in [1.807, 2.05) is 15.9 Å². The Kier molecular flexibility index (Phi) is 5.27. The Labute approximate surface area is 162 Å². The highest BCUT2D eigenvalue weighted by Crippen LogP contribution is 2.40. The Bertz CT molecular complexity index is 769. The molecule has 3 aliphatic rings. The van der Waals surface area contributed by atoms with Gasteiger partial charge in [0.15, 0.2) is 9.84 Å². The molecule has 1 spiro atoms. The van der Waals surface area contributed by atoms with Gasteiger partial charge in [0.2, 0.25) is 5.91 Å². The SMILES string of the molecule is O=C(CN1CCS(=O)(=O)CC1)N1CCC2(CCN(Cc3ccccc3)C2)C1. The largest absolute Gasteiger partial charge is 0.341 e. The van der Waals surface area contributed by atoms with Crippen LogP contribution in [0.5, 0.6) is 0 Å². The molecule has 1 unspecified atom stereocenters. The summed E-state index contributed by atoms with van der Waals surface area (Å²) in [6.45, 7) is 6.16. The minimum Gasteiger partial charge on any atom is -0.341 e. The molecule has 3 aliphatic heterocycles. The lowest BCUT2D eigenvalue weighted by molar-refractivity contribution is -0.131. The average Bonchev–Trinajstić information content (AvgIpc) is 3.25. The molecule has 1 aromatic carbocycles. The highest BCUT2D eigenvalue weighted by molar-refractivity contribution is 7.91. The third kappa shape index (κ3) is 4.52. The van der Waals surface area contributed by atoms with Crippen LogP contribution >= 0.6 is 0 Å². The molecule has 0 aliphatic carbocycles. The van der Waals surface area contributed by atoms with Gasteiger partial charge in [-0.05, 0) is 24.9 Å². The maximum Gasteiger partial charge on any atom is 0.236 e. The second kappa shape index (κ2) is 7.53. The number of likely N-dealkylation sites (tertiary alicyclic amines) is 2. The first kappa shape index (κ1) is 18.9. The third-order valence-electron chi connectivity index (χ3n) is 6.35. The van der Waals surface area contributed by atoms with Crippen LogP contribution in [0, 0.1) is 5.41 Å². The van der Waals surface area contributed by atoms with Gasteiger partial charge in [-0.15, -0.1) is 0 Å². The van der Waals surface area contributed by atoms with Crippen molar-refractivity contribution in [3.63, 3.8) is 0 Å². The molecule has 3 fully saturated rings. The summed E-state index contributed by atoms with van der Waals surface area (Å²) >= 11 is 0. The fourth-order valence-electron chi connectivity index (χ4n) is 4.69. The van der Waals surface area contributed by atoms with Crippen LogP contribution in [0.2, 0.25) is 0 Å². The zero-order chi connectivity index (χ0) is 18.9. The lowest BCUT2D eigenvalue weighted by Crippen LogP contribution is -2.46. The molecule has 27 heavy (non-hydrogen) atoms. The topological polar surface area (TPSA) is 60.9 Å². The predicted octanol–water partition coefficient (Wildman–Crippen LogP) is 0.841. The molecule has 3 heterocycles. The molecule has 0 saturated carbocycles. The first-order chi connectivity index (χ1) is 12.9. The van der Waals surface area contributed by atoms with Gasteiger partial charge in [-0.25, -0.2) is 8.42 Å². The van der Waals surface area contributed by atoms with Crippen LogP contribution in [0.1, 0.15) is 18.4 Å². The van der Waals surface area contributed by atoms with Gasteiger partial charge in [-0.2, -0.15) is 0 Å². The van der Waals surface area contributed by atoms with Crippen molar-refractivity contribution in [1.29, 1.82) is 0 Å². The smallest absolute Gasteiger partial charge is 0.236 e. The van der Waals surface area contributed by atoms with Crippen LogP contribution < -0.4 is 0 Å². The Morgan fingerprint density at radius 1 is 0.926 bits per heavy atom. The van der Waals surface area contributed by atoms with Gasteiger partial charge in [0.05, 0.1) is 18.1 Å². The van der Waals surface area contributed by atoms with Gasteiger partial charge in [0.1, 0.15) is 0 Å². The van der Waals surface area contributed by atoms with E-state index in [0.29, 0.717) is 19.6 Å². The summed E-state index contributed by atoms with van der Waals surface area (Å²) in [6.07, 6.45) is 2.24. The molecule has 3 saturated heterocycles. The van der Waals surface area contributed by atoms with Crippen molar-refractivity contribution in [2.45, 2.75) is 19.4 Å². The maximum absolute atomic E-state index is 12.7. The molecule has 4 rings (SSSR count). The minimum absolute atomic E-state index is 0.160. The Balaban J connectivity index is 1.28. The van der Waals surface area contributed by atoms with Crippen LogP contribution in [-0.4, -0.2) is 86.3 Å². The summed E-state index contributed by atoms with van der Waals surface area (Å²) in [7, 11) is -2.89. The summed E-state index contributed by atoms with van der Waals surface area (Å²) in [5, 5.41) is 0. The molecule has 0 N–H and O–H groups in total. The van der Waals surface area contributed by atoms with Crippen LogP contribution in [0.4, 0.5) is 0 Å². The van der Waals surface area contributed by atoms with Crippen molar-refractivity contribution in [1.82, 2.24) is 14.7 Å². The quantitative estimate of drug-likeness (QED) is 0.761. The zero-order valence-electron chi connectivity index (χ0n) is 15.8. The average molecular weight is 392 g/mol. The minimum atomic E-state index is -2.89. The van der Waals surface area contributed by atoms with E-state index < -0.39 is 9.84 Å². The lowest BCUT2D eigenvalue weighted by atomic mass is 9.86. The number of carbonyl (C=O) groups excluding carboxylic acids is 1. The van der Waals surface area contributed by atoms with E-state index in [4.69, 9.17) is 0 Å². The van der Waals surface area contributed by atoms with Crippen molar-refractivity contribution in [2.24, 2.45) is 5.41 Å². The van der Waals surface area contributed by atoms with Crippen molar-refractivity contribution in [3.8, 4) is 0 Å². The molecule has 1 atom stereocenters. The van der Waals surface area contributed by atoms with Crippen molar-refractivity contribution >= 4 is 15.7 Å². The van der Waals surface area contributed by atoms with Crippen molar-refractivity contribution in [2.75, 3.05) is 57.3 Å². The number of hydrogen-bond acceptors (Lipinski definition) is 5. The van der Waals surface area contributed by atoms with E-state index in [0.717, 1.165) is 45.6 Å². The Hall–Kier alpha value is -1.44.